The van der Waals surface area contributed by atoms with Gasteiger partial charge < -0.3 is 10.2 Å². The van der Waals surface area contributed by atoms with Crippen molar-refractivity contribution in [3.05, 3.63) is 12.2 Å². The Morgan fingerprint density at radius 3 is 2.53 bits per heavy atom. The van der Waals surface area contributed by atoms with Crippen LogP contribution in [0.1, 0.15) is 46.5 Å². The third kappa shape index (κ3) is 1.96. The molecule has 0 saturated heterocycles. The summed E-state index contributed by atoms with van der Waals surface area (Å²) < 4.78 is 0. The van der Waals surface area contributed by atoms with E-state index in [1.807, 2.05) is 0 Å². The molecule has 5 atom stereocenters. The molecule has 2 aliphatic rings. The predicted octanol–water partition coefficient (Wildman–Crippen LogP) is 2.75. The lowest BCUT2D eigenvalue weighted by Crippen LogP contribution is -2.42. The van der Waals surface area contributed by atoms with Gasteiger partial charge in [-0.3, -0.25) is 0 Å². The first-order chi connectivity index (χ1) is 7.88. The minimum Gasteiger partial charge on any atom is -0.393 e. The highest BCUT2D eigenvalue weighted by atomic mass is 16.3. The van der Waals surface area contributed by atoms with Crippen molar-refractivity contribution in [2.24, 2.45) is 23.2 Å². The molecular formula is C15H26O2. The normalized spacial score (nSPS) is 47.1. The van der Waals surface area contributed by atoms with Crippen molar-refractivity contribution in [1.29, 1.82) is 0 Å². The van der Waals surface area contributed by atoms with Gasteiger partial charge in [0, 0.05) is 0 Å². The molecule has 2 saturated carbocycles. The first-order valence-corrected chi connectivity index (χ1v) is 6.91. The predicted molar refractivity (Wildman–Crippen MR) is 69.5 cm³/mol. The van der Waals surface area contributed by atoms with Gasteiger partial charge in [-0.05, 0) is 54.4 Å². The first-order valence-electron chi connectivity index (χ1n) is 6.91. The van der Waals surface area contributed by atoms with Crippen molar-refractivity contribution in [3.8, 4) is 0 Å². The molecule has 2 aliphatic carbocycles. The molecular weight excluding hydrogens is 212 g/mol. The van der Waals surface area contributed by atoms with E-state index in [-0.39, 0.29) is 17.4 Å². The van der Waals surface area contributed by atoms with Crippen molar-refractivity contribution in [2.75, 3.05) is 0 Å². The van der Waals surface area contributed by atoms with E-state index in [9.17, 15) is 10.2 Å². The Labute approximate surface area is 105 Å². The lowest BCUT2D eigenvalue weighted by atomic mass is 9.68. The number of hydrogen-bond acceptors (Lipinski definition) is 2. The number of aliphatic hydroxyl groups is 2. The number of rotatable bonds is 1. The Kier molecular flexibility index (Phi) is 3.39. The van der Waals surface area contributed by atoms with Gasteiger partial charge in [0.25, 0.3) is 0 Å². The summed E-state index contributed by atoms with van der Waals surface area (Å²) >= 11 is 0. The minimum absolute atomic E-state index is 0.117. The van der Waals surface area contributed by atoms with E-state index in [1.165, 1.54) is 0 Å². The van der Waals surface area contributed by atoms with Crippen molar-refractivity contribution >= 4 is 0 Å². The van der Waals surface area contributed by atoms with E-state index in [0.717, 1.165) is 31.3 Å². The summed E-state index contributed by atoms with van der Waals surface area (Å²) in [5.41, 5.74) is 0.804. The van der Waals surface area contributed by atoms with Gasteiger partial charge in [0.1, 0.15) is 0 Å². The van der Waals surface area contributed by atoms with Crippen molar-refractivity contribution in [1.82, 2.24) is 0 Å². The van der Waals surface area contributed by atoms with Crippen LogP contribution in [0.3, 0.4) is 0 Å². The van der Waals surface area contributed by atoms with Crippen LogP contribution < -0.4 is 0 Å². The van der Waals surface area contributed by atoms with Crippen LogP contribution in [0.25, 0.3) is 0 Å². The standard InChI is InChI=1S/C15H26O2/c1-9(2)11-7-8-15(4)12(16)6-5-10(3)14(17)13(11)15/h9,11-14,16-17H,3,5-8H2,1-2,4H3/t11-,12+,13-,14+,15-/m1/s1. The van der Waals surface area contributed by atoms with Crippen LogP contribution in [0.4, 0.5) is 0 Å². The Morgan fingerprint density at radius 2 is 1.94 bits per heavy atom. The average molecular weight is 238 g/mol. The molecule has 2 nitrogen and oxygen atoms in total. The van der Waals surface area contributed by atoms with Crippen molar-refractivity contribution in [3.63, 3.8) is 0 Å². The van der Waals surface area contributed by atoms with Crippen molar-refractivity contribution in [2.45, 2.75) is 58.7 Å². The van der Waals surface area contributed by atoms with E-state index >= 15 is 0 Å². The number of fused-ring (bicyclic) bond motifs is 1. The molecule has 0 bridgehead atoms. The van der Waals surface area contributed by atoms with Crippen LogP contribution in [0.2, 0.25) is 0 Å². The SMILES string of the molecule is C=C1CC[C@H](O)[C@@]2(C)CC[C@H](C(C)C)[C@@H]2[C@H]1O. The van der Waals surface area contributed by atoms with E-state index in [0.29, 0.717) is 11.8 Å². The maximum atomic E-state index is 10.5. The van der Waals surface area contributed by atoms with Crippen LogP contribution in [0.15, 0.2) is 12.2 Å². The van der Waals surface area contributed by atoms with Gasteiger partial charge in [0.15, 0.2) is 0 Å². The Hall–Kier alpha value is -0.340. The molecule has 0 radical (unpaired) electrons. The van der Waals surface area contributed by atoms with Gasteiger partial charge >= 0.3 is 0 Å². The second kappa shape index (κ2) is 4.40. The summed E-state index contributed by atoms with van der Waals surface area (Å²) in [6.07, 6.45) is 2.97. The molecule has 2 fully saturated rings. The third-order valence-corrected chi connectivity index (χ3v) is 5.35. The largest absolute Gasteiger partial charge is 0.393 e. The second-order valence-corrected chi connectivity index (χ2v) is 6.64. The van der Waals surface area contributed by atoms with E-state index < -0.39 is 6.10 Å². The lowest BCUT2D eigenvalue weighted by molar-refractivity contribution is -0.0371. The number of hydrogen-bond donors (Lipinski definition) is 2. The zero-order valence-electron chi connectivity index (χ0n) is 11.3. The van der Waals surface area contributed by atoms with E-state index in [2.05, 4.69) is 27.4 Å². The quantitative estimate of drug-likeness (QED) is 0.690. The summed E-state index contributed by atoms with van der Waals surface area (Å²) in [6, 6.07) is 0. The molecule has 0 heterocycles. The topological polar surface area (TPSA) is 40.5 Å². The summed E-state index contributed by atoms with van der Waals surface area (Å²) in [5.74, 6) is 1.27. The van der Waals surface area contributed by atoms with Crippen LogP contribution in [-0.2, 0) is 0 Å². The van der Waals surface area contributed by atoms with Gasteiger partial charge in [-0.1, -0.05) is 27.4 Å². The van der Waals surface area contributed by atoms with E-state index in [4.69, 9.17) is 0 Å². The Balaban J connectivity index is 2.37. The lowest BCUT2D eigenvalue weighted by Gasteiger charge is -2.39. The van der Waals surface area contributed by atoms with Gasteiger partial charge in [-0.2, -0.15) is 0 Å². The highest BCUT2D eigenvalue weighted by molar-refractivity contribution is 5.15. The van der Waals surface area contributed by atoms with E-state index in [1.54, 1.807) is 0 Å². The maximum Gasteiger partial charge on any atom is 0.0784 e. The molecule has 2 heteroatoms. The zero-order chi connectivity index (χ0) is 12.8. The molecule has 2 rings (SSSR count). The zero-order valence-corrected chi connectivity index (χ0v) is 11.3. The van der Waals surface area contributed by atoms with Gasteiger partial charge in [0.2, 0.25) is 0 Å². The van der Waals surface area contributed by atoms with Crippen LogP contribution >= 0.6 is 0 Å². The second-order valence-electron chi connectivity index (χ2n) is 6.64. The molecule has 98 valence electrons. The molecule has 0 spiro atoms. The molecule has 2 N–H and O–H groups in total. The van der Waals surface area contributed by atoms with Gasteiger partial charge in [0.05, 0.1) is 12.2 Å². The fourth-order valence-corrected chi connectivity index (χ4v) is 4.10. The van der Waals surface area contributed by atoms with Crippen LogP contribution in [-0.4, -0.2) is 22.4 Å². The summed E-state index contributed by atoms with van der Waals surface area (Å²) in [7, 11) is 0. The highest BCUT2D eigenvalue weighted by Crippen LogP contribution is 2.56. The van der Waals surface area contributed by atoms with Gasteiger partial charge in [-0.25, -0.2) is 0 Å². The molecule has 0 aromatic carbocycles. The fourth-order valence-electron chi connectivity index (χ4n) is 4.10. The van der Waals surface area contributed by atoms with Crippen molar-refractivity contribution < 1.29 is 10.2 Å². The summed E-state index contributed by atoms with van der Waals surface area (Å²) in [6.45, 7) is 10.6. The molecule has 0 unspecified atom stereocenters. The van der Waals surface area contributed by atoms with Gasteiger partial charge in [-0.15, -0.1) is 0 Å². The summed E-state index contributed by atoms with van der Waals surface area (Å²) in [4.78, 5) is 0. The number of aliphatic hydroxyl groups excluding tert-OH is 2. The smallest absolute Gasteiger partial charge is 0.0784 e. The molecule has 17 heavy (non-hydrogen) atoms. The monoisotopic (exact) mass is 238 g/mol. The minimum atomic E-state index is -0.424. The Bertz CT molecular complexity index is 310. The average Bonchev–Trinajstić information content (AvgIpc) is 2.60. The highest BCUT2D eigenvalue weighted by Gasteiger charge is 2.54. The van der Waals surface area contributed by atoms with Crippen LogP contribution in [0, 0.1) is 23.2 Å². The fraction of sp³-hybridized carbons (Fsp3) is 0.867. The molecule has 0 aromatic rings. The summed E-state index contributed by atoms with van der Waals surface area (Å²) in [5, 5.41) is 20.9. The molecule has 0 aromatic heterocycles. The Morgan fingerprint density at radius 1 is 1.29 bits per heavy atom. The van der Waals surface area contributed by atoms with Crippen LogP contribution in [0.5, 0.6) is 0 Å². The molecule has 0 aliphatic heterocycles. The maximum absolute atomic E-state index is 10.5. The molecule has 0 amide bonds. The first kappa shape index (κ1) is 13.1. The third-order valence-electron chi connectivity index (χ3n) is 5.35.